The van der Waals surface area contributed by atoms with Crippen molar-refractivity contribution >= 4 is 16.6 Å². The first-order chi connectivity index (χ1) is 22.6. The number of aryl methyl sites for hydroxylation is 2. The van der Waals surface area contributed by atoms with E-state index in [0.29, 0.717) is 43.0 Å². The zero-order valence-corrected chi connectivity index (χ0v) is 26.9. The van der Waals surface area contributed by atoms with Gasteiger partial charge in [0.2, 0.25) is 0 Å². The normalized spacial score (nSPS) is 24.0. The highest BCUT2D eigenvalue weighted by atomic mass is 19.3. The van der Waals surface area contributed by atoms with Crippen molar-refractivity contribution in [3.05, 3.63) is 99.6 Å². The lowest BCUT2D eigenvalue weighted by Crippen LogP contribution is -2.61. The fourth-order valence-electron chi connectivity index (χ4n) is 7.47. The number of piperidine rings is 2. The molecule has 2 saturated heterocycles. The van der Waals surface area contributed by atoms with Gasteiger partial charge in [0.05, 0.1) is 30.0 Å². The Hall–Kier alpha value is -3.80. The van der Waals surface area contributed by atoms with Crippen molar-refractivity contribution in [3.63, 3.8) is 0 Å². The Morgan fingerprint density at radius 2 is 1.85 bits per heavy atom. The molecule has 1 aliphatic carbocycles. The van der Waals surface area contributed by atoms with Gasteiger partial charge in [0.15, 0.2) is 5.43 Å². The number of aromatic nitrogens is 3. The topological polar surface area (TPSA) is 92.3 Å². The van der Waals surface area contributed by atoms with Crippen molar-refractivity contribution in [2.45, 2.75) is 76.2 Å². The van der Waals surface area contributed by atoms with Crippen LogP contribution in [0.3, 0.4) is 0 Å². The highest BCUT2D eigenvalue weighted by molar-refractivity contribution is 5.80. The molecule has 0 amide bonds. The smallest absolute Gasteiger partial charge is 0.275 e. The SMILES string of the molecule is Cc1ccc(N2CC(N3CCC(N)C(F)(F)C3)C[C@H](C(NCc3cn(C4CC4)c4ccc(F)cc4c3=O)c3ccnc(C)c3)C2)cn1. The van der Waals surface area contributed by atoms with Crippen LogP contribution < -0.4 is 21.4 Å². The fourth-order valence-corrected chi connectivity index (χ4v) is 7.47. The molecular weight excluding hydrogens is 603 g/mol. The Bertz CT molecular complexity index is 1810. The first-order valence-electron chi connectivity index (χ1n) is 16.6. The Labute approximate surface area is 272 Å². The molecule has 0 spiro atoms. The summed E-state index contributed by atoms with van der Waals surface area (Å²) < 4.78 is 46.3. The number of rotatable bonds is 8. The summed E-state index contributed by atoms with van der Waals surface area (Å²) in [5.41, 5.74) is 10.7. The molecule has 2 aliphatic heterocycles. The maximum absolute atomic E-state index is 14.9. The van der Waals surface area contributed by atoms with Crippen molar-refractivity contribution < 1.29 is 13.2 Å². The van der Waals surface area contributed by atoms with Crippen molar-refractivity contribution in [2.24, 2.45) is 11.7 Å². The minimum Gasteiger partial charge on any atom is -0.368 e. The first kappa shape index (κ1) is 31.8. The third-order valence-electron chi connectivity index (χ3n) is 10.2. The molecule has 3 aliphatic rings. The molecule has 0 bridgehead atoms. The molecule has 8 nitrogen and oxygen atoms in total. The lowest BCUT2D eigenvalue weighted by atomic mass is 9.83. The van der Waals surface area contributed by atoms with Gasteiger partial charge in [-0.05, 0) is 93.5 Å². The molecule has 3 fully saturated rings. The minimum absolute atomic E-state index is 0.00960. The Balaban J connectivity index is 1.24. The van der Waals surface area contributed by atoms with E-state index in [9.17, 15) is 18.0 Å². The van der Waals surface area contributed by atoms with Crippen LogP contribution in [-0.2, 0) is 6.54 Å². The Morgan fingerprint density at radius 1 is 1.02 bits per heavy atom. The van der Waals surface area contributed by atoms with Gasteiger partial charge in [-0.25, -0.2) is 13.2 Å². The summed E-state index contributed by atoms with van der Waals surface area (Å²) in [6.07, 6.45) is 8.52. The average Bonchev–Trinajstić information content (AvgIpc) is 3.89. The number of likely N-dealkylation sites (tertiary alicyclic amines) is 1. The second-order valence-corrected chi connectivity index (χ2v) is 13.7. The van der Waals surface area contributed by atoms with Gasteiger partial charge in [0.25, 0.3) is 5.92 Å². The van der Waals surface area contributed by atoms with Gasteiger partial charge in [0.1, 0.15) is 5.82 Å². The molecule has 3 aromatic heterocycles. The highest BCUT2D eigenvalue weighted by Gasteiger charge is 2.46. The molecule has 1 aromatic carbocycles. The fraction of sp³-hybridized carbons (Fsp3) is 0.472. The summed E-state index contributed by atoms with van der Waals surface area (Å²) in [7, 11) is 0. The molecular formula is C36H42F3N7O. The van der Waals surface area contributed by atoms with Crippen LogP contribution in [0.25, 0.3) is 10.9 Å². The van der Waals surface area contributed by atoms with E-state index in [-0.39, 0.29) is 42.9 Å². The molecule has 248 valence electrons. The average molecular weight is 646 g/mol. The maximum atomic E-state index is 14.9. The number of pyridine rings is 3. The number of fused-ring (bicyclic) bond motifs is 1. The largest absolute Gasteiger partial charge is 0.368 e. The zero-order valence-electron chi connectivity index (χ0n) is 26.9. The summed E-state index contributed by atoms with van der Waals surface area (Å²) in [5, 5.41) is 4.10. The van der Waals surface area contributed by atoms with E-state index in [1.807, 2.05) is 55.4 Å². The van der Waals surface area contributed by atoms with Gasteiger partial charge >= 0.3 is 0 Å². The number of anilines is 1. The van der Waals surface area contributed by atoms with E-state index < -0.39 is 17.8 Å². The molecule has 47 heavy (non-hydrogen) atoms. The van der Waals surface area contributed by atoms with Crippen LogP contribution in [0, 0.1) is 25.6 Å². The molecule has 3 N–H and O–H groups in total. The van der Waals surface area contributed by atoms with Crippen LogP contribution in [-0.4, -0.2) is 63.6 Å². The van der Waals surface area contributed by atoms with E-state index >= 15 is 0 Å². The van der Waals surface area contributed by atoms with Crippen LogP contribution in [0.2, 0.25) is 0 Å². The maximum Gasteiger partial charge on any atom is 0.275 e. The van der Waals surface area contributed by atoms with Crippen LogP contribution in [0.15, 0.2) is 65.8 Å². The van der Waals surface area contributed by atoms with Crippen molar-refractivity contribution in [1.82, 2.24) is 24.8 Å². The van der Waals surface area contributed by atoms with E-state index in [0.717, 1.165) is 41.0 Å². The first-order valence-corrected chi connectivity index (χ1v) is 16.6. The van der Waals surface area contributed by atoms with Crippen molar-refractivity contribution in [3.8, 4) is 0 Å². The lowest BCUT2D eigenvalue weighted by molar-refractivity contribution is -0.0925. The van der Waals surface area contributed by atoms with Crippen molar-refractivity contribution in [1.29, 1.82) is 0 Å². The van der Waals surface area contributed by atoms with Crippen LogP contribution in [0.1, 0.15) is 60.3 Å². The standard InChI is InChI=1S/C36H42F3N7O/c1-22-3-5-29(17-42-22)45-18-25(14-30(20-45)44-12-10-33(40)36(38,39)21-44)34(24-9-11-41-23(2)13-24)43-16-26-19-46(28-6-7-28)32-8-4-27(37)15-31(32)35(26)47/h3-5,8-9,11,13,15,17,19,25,28,30,33-34,43H,6-7,10,12,14,16,18,20-21,40H2,1-2H3/t25-,30?,33?,34?/m0/s1. The second-order valence-electron chi connectivity index (χ2n) is 13.7. The molecule has 11 heteroatoms. The lowest BCUT2D eigenvalue weighted by Gasteiger charge is -2.48. The number of benzene rings is 1. The third-order valence-corrected chi connectivity index (χ3v) is 10.2. The number of nitrogens with zero attached hydrogens (tertiary/aromatic N) is 5. The predicted molar refractivity (Wildman–Crippen MR) is 177 cm³/mol. The number of nitrogens with two attached hydrogens (primary N) is 1. The number of hydrogen-bond acceptors (Lipinski definition) is 7. The van der Waals surface area contributed by atoms with Crippen LogP contribution in [0.5, 0.6) is 0 Å². The molecule has 1 saturated carbocycles. The monoisotopic (exact) mass is 645 g/mol. The van der Waals surface area contributed by atoms with Crippen LogP contribution in [0.4, 0.5) is 18.9 Å². The number of hydrogen-bond donors (Lipinski definition) is 2. The molecule has 3 unspecified atom stereocenters. The van der Waals surface area contributed by atoms with E-state index in [1.54, 1.807) is 12.3 Å². The number of alkyl halides is 2. The Kier molecular flexibility index (Phi) is 8.57. The molecule has 7 rings (SSSR count). The minimum atomic E-state index is -2.96. The summed E-state index contributed by atoms with van der Waals surface area (Å²) >= 11 is 0. The molecule has 4 aromatic rings. The molecule has 5 heterocycles. The van der Waals surface area contributed by atoms with E-state index in [1.165, 1.54) is 12.1 Å². The van der Waals surface area contributed by atoms with Gasteiger partial charge in [-0.3, -0.25) is 19.7 Å². The summed E-state index contributed by atoms with van der Waals surface area (Å²) in [4.78, 5) is 26.8. The highest BCUT2D eigenvalue weighted by Crippen LogP contribution is 2.38. The zero-order chi connectivity index (χ0) is 32.9. The van der Waals surface area contributed by atoms with Gasteiger partial charge in [0, 0.05) is 79.0 Å². The summed E-state index contributed by atoms with van der Waals surface area (Å²) in [6.45, 7) is 5.56. The predicted octanol–water partition coefficient (Wildman–Crippen LogP) is 5.28. The molecule has 0 radical (unpaired) electrons. The van der Waals surface area contributed by atoms with Crippen molar-refractivity contribution in [2.75, 3.05) is 31.1 Å². The number of halogens is 3. The van der Waals surface area contributed by atoms with Crippen LogP contribution >= 0.6 is 0 Å². The van der Waals surface area contributed by atoms with E-state index in [2.05, 4.69) is 24.8 Å². The van der Waals surface area contributed by atoms with Gasteiger partial charge < -0.3 is 20.5 Å². The summed E-state index contributed by atoms with van der Waals surface area (Å²) in [5.74, 6) is -3.40. The van der Waals surface area contributed by atoms with Gasteiger partial charge in [-0.2, -0.15) is 0 Å². The third kappa shape index (κ3) is 6.66. The quantitative estimate of drug-likeness (QED) is 0.270. The second kappa shape index (κ2) is 12.7. The molecule has 4 atom stereocenters. The van der Waals surface area contributed by atoms with Gasteiger partial charge in [-0.1, -0.05) is 0 Å². The summed E-state index contributed by atoms with van der Waals surface area (Å²) in [6, 6.07) is 11.3. The van der Waals surface area contributed by atoms with E-state index in [4.69, 9.17) is 5.73 Å². The van der Waals surface area contributed by atoms with Gasteiger partial charge in [-0.15, -0.1) is 0 Å². The number of nitrogens with one attached hydrogen (secondary N) is 1. The Morgan fingerprint density at radius 3 is 2.57 bits per heavy atom.